The van der Waals surface area contributed by atoms with Crippen molar-refractivity contribution in [3.05, 3.63) is 24.0 Å². The van der Waals surface area contributed by atoms with Gasteiger partial charge in [-0.2, -0.15) is 18.3 Å². The second-order valence-electron chi connectivity index (χ2n) is 2.81. The lowest BCUT2D eigenvalue weighted by Crippen LogP contribution is -2.04. The maximum absolute atomic E-state index is 12.1. The second-order valence-corrected chi connectivity index (χ2v) is 2.81. The molecule has 1 aromatic rings. The maximum atomic E-state index is 12.1. The van der Waals surface area contributed by atoms with Crippen molar-refractivity contribution >= 4 is 5.57 Å². The zero-order chi connectivity index (χ0) is 10.8. The highest BCUT2D eigenvalue weighted by Gasteiger charge is 2.33. The molecule has 0 atom stereocenters. The second kappa shape index (κ2) is 3.83. The van der Waals surface area contributed by atoms with Crippen molar-refractivity contribution in [2.45, 2.75) is 12.6 Å². The van der Waals surface area contributed by atoms with Crippen molar-refractivity contribution in [1.82, 2.24) is 10.2 Å². The lowest BCUT2D eigenvalue weighted by Gasteiger charge is -2.00. The average Bonchev–Trinajstić information content (AvgIpc) is 2.51. The van der Waals surface area contributed by atoms with E-state index >= 15 is 0 Å². The van der Waals surface area contributed by atoms with Crippen LogP contribution in [0.2, 0.25) is 0 Å². The number of hydrogen-bond donors (Lipinski definition) is 2. The summed E-state index contributed by atoms with van der Waals surface area (Å²) in [6, 6.07) is 0.929. The average molecular weight is 205 g/mol. The van der Waals surface area contributed by atoms with Gasteiger partial charge in [0.2, 0.25) is 0 Å². The summed E-state index contributed by atoms with van der Waals surface area (Å²) in [6.45, 7) is 3.92. The Morgan fingerprint density at radius 1 is 1.57 bits per heavy atom. The third-order valence-corrected chi connectivity index (χ3v) is 1.69. The van der Waals surface area contributed by atoms with Crippen LogP contribution in [0.25, 0.3) is 5.57 Å². The Kier molecular flexibility index (Phi) is 2.95. The van der Waals surface area contributed by atoms with Gasteiger partial charge in [0.25, 0.3) is 0 Å². The molecule has 0 radical (unpaired) electrons. The lowest BCUT2D eigenvalue weighted by atomic mass is 10.1. The minimum Gasteiger partial charge on any atom is -0.330 e. The van der Waals surface area contributed by atoms with E-state index in [1.54, 1.807) is 0 Å². The van der Waals surface area contributed by atoms with Crippen LogP contribution in [0.3, 0.4) is 0 Å². The van der Waals surface area contributed by atoms with Crippen LogP contribution in [0, 0.1) is 0 Å². The molecule has 3 nitrogen and oxygen atoms in total. The summed E-state index contributed by atoms with van der Waals surface area (Å²) in [5.74, 6) is 0. The minimum absolute atomic E-state index is 0.211. The summed E-state index contributed by atoms with van der Waals surface area (Å²) in [5, 5.41) is 5.41. The first-order valence-electron chi connectivity index (χ1n) is 3.96. The molecule has 14 heavy (non-hydrogen) atoms. The fourth-order valence-electron chi connectivity index (χ4n) is 0.950. The van der Waals surface area contributed by atoms with Crippen molar-refractivity contribution in [2.24, 2.45) is 5.73 Å². The Bertz CT molecular complexity index is 327. The number of nitrogens with zero attached hydrogens (tertiary/aromatic N) is 1. The van der Waals surface area contributed by atoms with Crippen molar-refractivity contribution in [2.75, 3.05) is 6.54 Å². The van der Waals surface area contributed by atoms with Crippen LogP contribution in [0.15, 0.2) is 12.6 Å². The van der Waals surface area contributed by atoms with Crippen LogP contribution in [-0.4, -0.2) is 16.7 Å². The summed E-state index contributed by atoms with van der Waals surface area (Å²) < 4.78 is 36.4. The summed E-state index contributed by atoms with van der Waals surface area (Å²) >= 11 is 0. The standard InChI is InChI=1S/C8H10F3N3/c1-5(2-3-12)6-4-7(14-13-6)8(9,10)11/h4H,1-3,12H2,(H,13,14). The fourth-order valence-corrected chi connectivity index (χ4v) is 0.950. The van der Waals surface area contributed by atoms with Crippen molar-refractivity contribution in [3.63, 3.8) is 0 Å². The number of nitrogens with one attached hydrogen (secondary N) is 1. The van der Waals surface area contributed by atoms with Gasteiger partial charge in [-0.05, 0) is 24.6 Å². The Labute approximate surface area is 78.8 Å². The van der Waals surface area contributed by atoms with Gasteiger partial charge in [0.05, 0.1) is 5.69 Å². The van der Waals surface area contributed by atoms with Gasteiger partial charge in [-0.1, -0.05) is 6.58 Å². The van der Waals surface area contributed by atoms with Crippen molar-refractivity contribution in [1.29, 1.82) is 0 Å². The number of hydrogen-bond acceptors (Lipinski definition) is 2. The molecule has 1 aromatic heterocycles. The number of aromatic nitrogens is 2. The molecule has 1 rings (SSSR count). The van der Waals surface area contributed by atoms with Crippen LogP contribution in [0.4, 0.5) is 13.2 Å². The van der Waals surface area contributed by atoms with E-state index in [4.69, 9.17) is 5.73 Å². The van der Waals surface area contributed by atoms with Crippen LogP contribution >= 0.6 is 0 Å². The number of alkyl halides is 3. The zero-order valence-corrected chi connectivity index (χ0v) is 7.36. The van der Waals surface area contributed by atoms with Crippen LogP contribution in [0.1, 0.15) is 17.8 Å². The molecule has 3 N–H and O–H groups in total. The molecule has 78 valence electrons. The Morgan fingerprint density at radius 3 is 2.64 bits per heavy atom. The molecular formula is C8H10F3N3. The number of nitrogens with two attached hydrogens (primary N) is 1. The molecular weight excluding hydrogens is 195 g/mol. The number of H-pyrrole nitrogens is 1. The highest BCUT2D eigenvalue weighted by atomic mass is 19.4. The van der Waals surface area contributed by atoms with Gasteiger partial charge >= 0.3 is 6.18 Å². The molecule has 1 heterocycles. The molecule has 0 fully saturated rings. The Hall–Kier alpha value is -1.30. The van der Waals surface area contributed by atoms with E-state index in [-0.39, 0.29) is 5.69 Å². The van der Waals surface area contributed by atoms with Gasteiger partial charge in [-0.3, -0.25) is 5.10 Å². The van der Waals surface area contributed by atoms with Gasteiger partial charge in [0.1, 0.15) is 5.69 Å². The first kappa shape index (κ1) is 10.8. The fraction of sp³-hybridized carbons (Fsp3) is 0.375. The Balaban J connectivity index is 2.83. The maximum Gasteiger partial charge on any atom is 0.432 e. The largest absolute Gasteiger partial charge is 0.432 e. The van der Waals surface area contributed by atoms with Gasteiger partial charge in [0.15, 0.2) is 0 Å². The van der Waals surface area contributed by atoms with Crippen molar-refractivity contribution < 1.29 is 13.2 Å². The highest BCUT2D eigenvalue weighted by molar-refractivity contribution is 5.60. The molecule has 0 amide bonds. The van der Waals surface area contributed by atoms with E-state index < -0.39 is 11.9 Å². The van der Waals surface area contributed by atoms with Gasteiger partial charge < -0.3 is 5.73 Å². The third kappa shape index (κ3) is 2.35. The molecule has 0 aliphatic rings. The monoisotopic (exact) mass is 205 g/mol. The number of halogens is 3. The van der Waals surface area contributed by atoms with E-state index in [1.807, 2.05) is 5.10 Å². The molecule has 0 aromatic carbocycles. The zero-order valence-electron chi connectivity index (χ0n) is 7.36. The van der Waals surface area contributed by atoms with E-state index in [0.717, 1.165) is 6.07 Å². The summed E-state index contributed by atoms with van der Waals surface area (Å²) in [6.07, 6.45) is -3.96. The van der Waals surface area contributed by atoms with Crippen LogP contribution in [0.5, 0.6) is 0 Å². The SMILES string of the molecule is C=C(CCN)c1cc(C(F)(F)F)[nH]n1. The predicted octanol–water partition coefficient (Wildman–Crippen LogP) is 1.79. The van der Waals surface area contributed by atoms with E-state index in [1.165, 1.54) is 0 Å². The molecule has 0 spiro atoms. The van der Waals surface area contributed by atoms with Gasteiger partial charge in [-0.15, -0.1) is 0 Å². The smallest absolute Gasteiger partial charge is 0.330 e. The van der Waals surface area contributed by atoms with E-state index in [2.05, 4.69) is 11.7 Å². The summed E-state index contributed by atoms with van der Waals surface area (Å²) in [4.78, 5) is 0. The summed E-state index contributed by atoms with van der Waals surface area (Å²) in [7, 11) is 0. The molecule has 0 aliphatic carbocycles. The summed E-state index contributed by atoms with van der Waals surface area (Å²) in [5.41, 5.74) is 5.08. The van der Waals surface area contributed by atoms with Crippen LogP contribution < -0.4 is 5.73 Å². The van der Waals surface area contributed by atoms with Gasteiger partial charge in [0, 0.05) is 0 Å². The molecule has 0 unspecified atom stereocenters. The number of rotatable bonds is 3. The first-order chi connectivity index (χ1) is 6.45. The predicted molar refractivity (Wildman–Crippen MR) is 46.3 cm³/mol. The quantitative estimate of drug-likeness (QED) is 0.790. The molecule has 0 saturated carbocycles. The number of aromatic amines is 1. The van der Waals surface area contributed by atoms with Gasteiger partial charge in [-0.25, -0.2) is 0 Å². The lowest BCUT2D eigenvalue weighted by molar-refractivity contribution is -0.141. The minimum atomic E-state index is -4.39. The Morgan fingerprint density at radius 2 is 2.21 bits per heavy atom. The normalized spacial score (nSPS) is 11.7. The third-order valence-electron chi connectivity index (χ3n) is 1.69. The topological polar surface area (TPSA) is 54.7 Å². The first-order valence-corrected chi connectivity index (χ1v) is 3.96. The molecule has 0 aliphatic heterocycles. The molecule has 0 bridgehead atoms. The highest BCUT2D eigenvalue weighted by Crippen LogP contribution is 2.29. The molecule has 6 heteroatoms. The van der Waals surface area contributed by atoms with Crippen molar-refractivity contribution in [3.8, 4) is 0 Å². The molecule has 0 saturated heterocycles. The van der Waals surface area contributed by atoms with E-state index in [0.29, 0.717) is 18.5 Å². The van der Waals surface area contributed by atoms with Crippen LogP contribution in [-0.2, 0) is 6.18 Å². The van der Waals surface area contributed by atoms with E-state index in [9.17, 15) is 13.2 Å².